The molecule has 2 aromatic rings. The van der Waals surface area contributed by atoms with Crippen LogP contribution < -0.4 is 19.5 Å². The van der Waals surface area contributed by atoms with E-state index in [1.807, 2.05) is 0 Å². The minimum atomic E-state index is -3.14. The van der Waals surface area contributed by atoms with Crippen molar-refractivity contribution in [1.29, 1.82) is 5.26 Å². The van der Waals surface area contributed by atoms with E-state index >= 15 is 0 Å². The third-order valence-electron chi connectivity index (χ3n) is 3.76. The van der Waals surface area contributed by atoms with Gasteiger partial charge in [0.1, 0.15) is 5.75 Å². The average molecular weight is 404 g/mol. The third kappa shape index (κ3) is 5.42. The second kappa shape index (κ2) is 10.0. The average Bonchev–Trinajstić information content (AvgIpc) is 2.69. The van der Waals surface area contributed by atoms with E-state index in [-0.39, 0.29) is 17.1 Å². The van der Waals surface area contributed by atoms with Gasteiger partial charge in [-0.1, -0.05) is 12.1 Å². The normalized spacial score (nSPS) is 11.3. The van der Waals surface area contributed by atoms with Gasteiger partial charge in [-0.05, 0) is 37.3 Å². The van der Waals surface area contributed by atoms with Crippen LogP contribution in [-0.2, 0) is 4.79 Å². The Morgan fingerprint density at radius 2 is 1.86 bits per heavy atom. The summed E-state index contributed by atoms with van der Waals surface area (Å²) in [5.74, 6) is -3.49. The maximum atomic E-state index is 12.7. The van der Waals surface area contributed by atoms with E-state index in [1.165, 1.54) is 19.2 Å². The molecule has 0 aliphatic carbocycles. The highest BCUT2D eigenvalue weighted by molar-refractivity contribution is 6.16. The molecule has 2 aromatic carbocycles. The van der Waals surface area contributed by atoms with Crippen LogP contribution in [0.15, 0.2) is 42.5 Å². The number of para-hydroxylation sites is 2. The summed E-state index contributed by atoms with van der Waals surface area (Å²) >= 11 is 0. The highest BCUT2D eigenvalue weighted by Crippen LogP contribution is 2.31. The molecule has 9 heteroatoms. The molecule has 7 nitrogen and oxygen atoms in total. The summed E-state index contributed by atoms with van der Waals surface area (Å²) < 4.78 is 39.8. The van der Waals surface area contributed by atoms with Gasteiger partial charge in [-0.2, -0.15) is 14.0 Å². The lowest BCUT2D eigenvalue weighted by Gasteiger charge is -2.14. The van der Waals surface area contributed by atoms with Crippen molar-refractivity contribution in [3.05, 3.63) is 48.0 Å². The van der Waals surface area contributed by atoms with E-state index in [1.54, 1.807) is 37.3 Å². The molecule has 2 rings (SSSR count). The Bertz CT molecular complexity index is 927. The van der Waals surface area contributed by atoms with E-state index in [9.17, 15) is 23.6 Å². The number of ketones is 1. The zero-order valence-electron chi connectivity index (χ0n) is 15.6. The van der Waals surface area contributed by atoms with Crippen molar-refractivity contribution in [3.63, 3.8) is 0 Å². The highest BCUT2D eigenvalue weighted by Gasteiger charge is 2.29. The molecule has 1 amide bonds. The van der Waals surface area contributed by atoms with E-state index in [0.717, 1.165) is 6.07 Å². The Kier molecular flexibility index (Phi) is 7.48. The molecule has 1 unspecified atom stereocenters. The fourth-order valence-electron chi connectivity index (χ4n) is 2.48. The van der Waals surface area contributed by atoms with Gasteiger partial charge in [-0.25, -0.2) is 0 Å². The first-order valence-electron chi connectivity index (χ1n) is 8.50. The number of hydrogen-bond acceptors (Lipinski definition) is 6. The monoisotopic (exact) mass is 404 g/mol. The molecule has 0 fully saturated rings. The lowest BCUT2D eigenvalue weighted by Crippen LogP contribution is -2.29. The molecule has 0 bridgehead atoms. The van der Waals surface area contributed by atoms with Crippen LogP contribution in [-0.4, -0.2) is 32.0 Å². The van der Waals surface area contributed by atoms with Crippen LogP contribution in [0.1, 0.15) is 17.3 Å². The first-order chi connectivity index (χ1) is 13.9. The van der Waals surface area contributed by atoms with Crippen LogP contribution in [0.2, 0.25) is 0 Å². The molecule has 0 heterocycles. The lowest BCUT2D eigenvalue weighted by atomic mass is 9.97. The van der Waals surface area contributed by atoms with Crippen molar-refractivity contribution in [2.24, 2.45) is 5.92 Å². The minimum Gasteiger partial charge on any atom is -0.493 e. The molecule has 152 valence electrons. The van der Waals surface area contributed by atoms with E-state index in [4.69, 9.17) is 9.47 Å². The van der Waals surface area contributed by atoms with Crippen molar-refractivity contribution in [1.82, 2.24) is 0 Å². The number of nitrogens with zero attached hydrogens (tertiary/aromatic N) is 1. The van der Waals surface area contributed by atoms with Crippen LogP contribution in [0.5, 0.6) is 17.2 Å². The smallest absolute Gasteiger partial charge is 0.387 e. The summed E-state index contributed by atoms with van der Waals surface area (Å²) in [6.45, 7) is -1.02. The number of amides is 1. The van der Waals surface area contributed by atoms with Gasteiger partial charge in [0.15, 0.2) is 23.2 Å². The number of carbonyl (C=O) groups excluding carboxylic acids is 2. The number of anilines is 1. The number of rotatable bonds is 9. The fourth-order valence-corrected chi connectivity index (χ4v) is 2.48. The number of hydrogen-bond donors (Lipinski definition) is 1. The van der Waals surface area contributed by atoms with Crippen molar-refractivity contribution in [2.75, 3.05) is 19.0 Å². The molecular formula is C20H18F2N2O5. The van der Waals surface area contributed by atoms with E-state index < -0.39 is 24.2 Å². The summed E-state index contributed by atoms with van der Waals surface area (Å²) in [4.78, 5) is 25.2. The lowest BCUT2D eigenvalue weighted by molar-refractivity contribution is -0.117. The Labute approximate surface area is 165 Å². The summed E-state index contributed by atoms with van der Waals surface area (Å²) in [6.07, 6.45) is 0. The van der Waals surface area contributed by atoms with Crippen LogP contribution in [0.25, 0.3) is 0 Å². The number of ether oxygens (including phenoxy) is 3. The highest BCUT2D eigenvalue weighted by atomic mass is 19.3. The maximum absolute atomic E-state index is 12.7. The Morgan fingerprint density at radius 3 is 2.48 bits per heavy atom. The molecule has 0 saturated heterocycles. The van der Waals surface area contributed by atoms with E-state index in [0.29, 0.717) is 18.0 Å². The molecule has 0 radical (unpaired) electrons. The quantitative estimate of drug-likeness (QED) is 0.506. The van der Waals surface area contributed by atoms with Crippen LogP contribution >= 0.6 is 0 Å². The number of halogens is 2. The van der Waals surface area contributed by atoms with Gasteiger partial charge in [-0.15, -0.1) is 0 Å². The molecular weight excluding hydrogens is 386 g/mol. The van der Waals surface area contributed by atoms with Crippen LogP contribution in [0.4, 0.5) is 14.5 Å². The molecule has 0 spiro atoms. The second-order valence-electron chi connectivity index (χ2n) is 5.59. The van der Waals surface area contributed by atoms with Crippen molar-refractivity contribution >= 4 is 17.4 Å². The number of nitriles is 1. The Hall–Kier alpha value is -3.67. The van der Waals surface area contributed by atoms with Crippen LogP contribution in [0, 0.1) is 17.2 Å². The summed E-state index contributed by atoms with van der Waals surface area (Å²) in [7, 11) is 1.25. The molecule has 0 aliphatic heterocycles. The summed E-state index contributed by atoms with van der Waals surface area (Å²) in [5.41, 5.74) is 0.144. The van der Waals surface area contributed by atoms with Gasteiger partial charge in [0.25, 0.3) is 0 Å². The molecule has 1 atom stereocenters. The molecule has 29 heavy (non-hydrogen) atoms. The Balaban J connectivity index is 2.26. The third-order valence-corrected chi connectivity index (χ3v) is 3.76. The van der Waals surface area contributed by atoms with Gasteiger partial charge in [0, 0.05) is 5.56 Å². The van der Waals surface area contributed by atoms with Crippen LogP contribution in [0.3, 0.4) is 0 Å². The standard InChI is InChI=1S/C20H18F2N2O5/c1-3-28-15-7-5-4-6-14(15)24-19(26)13(11-23)18(25)12-8-9-16(27-2)17(10-12)29-20(21)22/h4-10,13,20H,3H2,1-2H3,(H,24,26). The second-order valence-corrected chi connectivity index (χ2v) is 5.59. The van der Waals surface area contributed by atoms with Gasteiger partial charge in [-0.3, -0.25) is 9.59 Å². The number of benzene rings is 2. The zero-order valence-corrected chi connectivity index (χ0v) is 15.6. The van der Waals surface area contributed by atoms with Crippen molar-refractivity contribution < 1.29 is 32.6 Å². The number of Topliss-reactive ketones (excluding diaryl/α,β-unsaturated/α-hetero) is 1. The summed E-state index contributed by atoms with van der Waals surface area (Å²) in [6, 6.07) is 11.7. The van der Waals surface area contributed by atoms with Gasteiger partial charge >= 0.3 is 6.61 Å². The first-order valence-corrected chi connectivity index (χ1v) is 8.50. The predicted molar refractivity (Wildman–Crippen MR) is 99.3 cm³/mol. The van der Waals surface area contributed by atoms with Gasteiger partial charge < -0.3 is 19.5 Å². The van der Waals surface area contributed by atoms with E-state index in [2.05, 4.69) is 10.1 Å². The molecule has 0 aromatic heterocycles. The minimum absolute atomic E-state index is 0.0227. The molecule has 0 saturated carbocycles. The number of nitrogens with one attached hydrogen (secondary N) is 1. The Morgan fingerprint density at radius 1 is 1.14 bits per heavy atom. The topological polar surface area (TPSA) is 97.7 Å². The predicted octanol–water partition coefficient (Wildman–Crippen LogP) is 3.66. The first kappa shape index (κ1) is 21.6. The van der Waals surface area contributed by atoms with Gasteiger partial charge in [0.05, 0.1) is 25.5 Å². The number of alkyl halides is 2. The molecule has 0 aliphatic rings. The number of carbonyl (C=O) groups is 2. The largest absolute Gasteiger partial charge is 0.493 e. The SMILES string of the molecule is CCOc1ccccc1NC(=O)C(C#N)C(=O)c1ccc(OC)c(OC(F)F)c1. The number of methoxy groups -OCH3 is 1. The molecule has 1 N–H and O–H groups in total. The van der Waals surface area contributed by atoms with Gasteiger partial charge in [0.2, 0.25) is 5.91 Å². The maximum Gasteiger partial charge on any atom is 0.387 e. The van der Waals surface area contributed by atoms with Crippen molar-refractivity contribution in [3.8, 4) is 23.3 Å². The zero-order chi connectivity index (χ0) is 21.4. The van der Waals surface area contributed by atoms with Crippen molar-refractivity contribution in [2.45, 2.75) is 13.5 Å². The summed E-state index contributed by atoms with van der Waals surface area (Å²) in [5, 5.41) is 11.8. The fraction of sp³-hybridized carbons (Fsp3) is 0.250.